The van der Waals surface area contributed by atoms with Gasteiger partial charge in [-0.3, -0.25) is 0 Å². The van der Waals surface area contributed by atoms with Gasteiger partial charge in [0.25, 0.3) is 0 Å². The second kappa shape index (κ2) is 2.94. The first-order chi connectivity index (χ1) is 4.65. The highest BCUT2D eigenvalue weighted by molar-refractivity contribution is 4.93. The smallest absolute Gasteiger partial charge is 0.0106 e. The average molecular weight is 138 g/mol. The molecule has 1 aliphatic rings. The Balaban J connectivity index is 2.48. The van der Waals surface area contributed by atoms with E-state index in [9.17, 15) is 0 Å². The van der Waals surface area contributed by atoms with Crippen LogP contribution in [0.2, 0.25) is 0 Å². The first-order valence-corrected chi connectivity index (χ1v) is 4.40. The van der Waals surface area contributed by atoms with Crippen LogP contribution in [0.5, 0.6) is 0 Å². The van der Waals surface area contributed by atoms with Crippen molar-refractivity contribution in [3.8, 4) is 0 Å². The molecular formula is C10H18. The summed E-state index contributed by atoms with van der Waals surface area (Å²) in [6.45, 7) is 6.95. The molecule has 0 aliphatic heterocycles. The lowest BCUT2D eigenvalue weighted by molar-refractivity contribution is 0.209. The van der Waals surface area contributed by atoms with E-state index in [4.69, 9.17) is 0 Å². The maximum absolute atomic E-state index is 3.59. The molecule has 1 aliphatic carbocycles. The molecule has 0 nitrogen and oxygen atoms in total. The molecule has 1 saturated carbocycles. The topological polar surface area (TPSA) is 0 Å². The van der Waals surface area contributed by atoms with Gasteiger partial charge in [0.15, 0.2) is 0 Å². The number of rotatable bonds is 1. The van der Waals surface area contributed by atoms with Gasteiger partial charge >= 0.3 is 0 Å². The van der Waals surface area contributed by atoms with Crippen LogP contribution in [0.25, 0.3) is 0 Å². The molecular weight excluding hydrogens is 120 g/mol. The molecule has 0 heteroatoms. The molecule has 58 valence electrons. The minimum absolute atomic E-state index is 0.429. The minimum Gasteiger partial charge on any atom is -0.0622 e. The Morgan fingerprint density at radius 3 is 2.30 bits per heavy atom. The van der Waals surface area contributed by atoms with Crippen LogP contribution in [0.1, 0.15) is 46.5 Å². The summed E-state index contributed by atoms with van der Waals surface area (Å²) in [5.41, 5.74) is 0.429. The minimum atomic E-state index is 0.429. The second-order valence-electron chi connectivity index (χ2n) is 3.96. The first kappa shape index (κ1) is 8.10. The summed E-state index contributed by atoms with van der Waals surface area (Å²) < 4.78 is 0. The van der Waals surface area contributed by atoms with Crippen molar-refractivity contribution in [3.05, 3.63) is 6.42 Å². The Morgan fingerprint density at radius 1 is 1.30 bits per heavy atom. The zero-order valence-corrected chi connectivity index (χ0v) is 7.41. The molecule has 0 heterocycles. The van der Waals surface area contributed by atoms with Crippen molar-refractivity contribution in [3.63, 3.8) is 0 Å². The van der Waals surface area contributed by atoms with Crippen LogP contribution in [0.3, 0.4) is 0 Å². The van der Waals surface area contributed by atoms with E-state index in [-0.39, 0.29) is 0 Å². The van der Waals surface area contributed by atoms with Gasteiger partial charge in [-0.15, -0.1) is 0 Å². The van der Waals surface area contributed by atoms with Gasteiger partial charge in [0.2, 0.25) is 0 Å². The summed E-state index contributed by atoms with van der Waals surface area (Å²) in [5, 5.41) is 0. The predicted octanol–water partition coefficient (Wildman–Crippen LogP) is 3.30. The monoisotopic (exact) mass is 138 g/mol. The lowest BCUT2D eigenvalue weighted by atomic mass is 9.69. The van der Waals surface area contributed by atoms with Crippen LogP contribution in [0.4, 0.5) is 0 Å². The van der Waals surface area contributed by atoms with E-state index in [1.54, 1.807) is 0 Å². The number of hydrogen-bond acceptors (Lipinski definition) is 0. The molecule has 0 amide bonds. The van der Waals surface area contributed by atoms with E-state index < -0.39 is 0 Å². The SMILES string of the molecule is CC(C)C1(C)[C]CCCC1. The quantitative estimate of drug-likeness (QED) is 0.521. The summed E-state index contributed by atoms with van der Waals surface area (Å²) >= 11 is 0. The Labute approximate surface area is 65.0 Å². The normalized spacial score (nSPS) is 25.2. The third kappa shape index (κ3) is 1.53. The van der Waals surface area contributed by atoms with E-state index in [2.05, 4.69) is 27.2 Å². The van der Waals surface area contributed by atoms with Crippen molar-refractivity contribution in [2.24, 2.45) is 11.3 Å². The third-order valence-corrected chi connectivity index (χ3v) is 2.93. The summed E-state index contributed by atoms with van der Waals surface area (Å²) in [5.74, 6) is 0.771. The zero-order chi connectivity index (χ0) is 7.61. The summed E-state index contributed by atoms with van der Waals surface area (Å²) in [6, 6.07) is 0. The van der Waals surface area contributed by atoms with E-state index in [1.165, 1.54) is 25.7 Å². The van der Waals surface area contributed by atoms with Crippen LogP contribution < -0.4 is 0 Å². The lowest BCUT2D eigenvalue weighted by Crippen LogP contribution is -2.26. The maximum atomic E-state index is 3.59. The third-order valence-electron chi connectivity index (χ3n) is 2.93. The van der Waals surface area contributed by atoms with Crippen LogP contribution in [0.15, 0.2) is 0 Å². The highest BCUT2D eigenvalue weighted by Crippen LogP contribution is 2.40. The van der Waals surface area contributed by atoms with Crippen molar-refractivity contribution in [2.75, 3.05) is 0 Å². The van der Waals surface area contributed by atoms with Crippen molar-refractivity contribution in [1.82, 2.24) is 0 Å². The summed E-state index contributed by atoms with van der Waals surface area (Å²) in [4.78, 5) is 0. The van der Waals surface area contributed by atoms with Crippen molar-refractivity contribution in [2.45, 2.75) is 46.5 Å². The predicted molar refractivity (Wildman–Crippen MR) is 44.7 cm³/mol. The van der Waals surface area contributed by atoms with E-state index in [0.717, 1.165) is 5.92 Å². The van der Waals surface area contributed by atoms with Crippen LogP contribution >= 0.6 is 0 Å². The molecule has 0 bridgehead atoms. The largest absolute Gasteiger partial charge is 0.0622 e. The zero-order valence-electron chi connectivity index (χ0n) is 7.41. The highest BCUT2D eigenvalue weighted by atomic mass is 14.3. The molecule has 1 atom stereocenters. The van der Waals surface area contributed by atoms with Crippen molar-refractivity contribution < 1.29 is 0 Å². The first-order valence-electron chi connectivity index (χ1n) is 4.40. The lowest BCUT2D eigenvalue weighted by Gasteiger charge is -2.36. The van der Waals surface area contributed by atoms with Gasteiger partial charge in [-0.2, -0.15) is 0 Å². The maximum Gasteiger partial charge on any atom is -0.0106 e. The van der Waals surface area contributed by atoms with Gasteiger partial charge in [-0.05, 0) is 30.6 Å². The van der Waals surface area contributed by atoms with Gasteiger partial charge in [0.1, 0.15) is 0 Å². The van der Waals surface area contributed by atoms with Gasteiger partial charge in [0, 0.05) is 0 Å². The standard InChI is InChI=1S/C10H18/c1-9(2)10(3)7-5-4-6-8-10/h9H,4-7H2,1-3H3. The van der Waals surface area contributed by atoms with Gasteiger partial charge < -0.3 is 0 Å². The van der Waals surface area contributed by atoms with Crippen LogP contribution in [-0.2, 0) is 0 Å². The number of hydrogen-bond donors (Lipinski definition) is 0. The Kier molecular flexibility index (Phi) is 2.38. The molecule has 0 aromatic heterocycles. The van der Waals surface area contributed by atoms with Crippen LogP contribution in [-0.4, -0.2) is 0 Å². The molecule has 0 aromatic rings. The summed E-state index contributed by atoms with van der Waals surface area (Å²) in [6.07, 6.45) is 8.93. The van der Waals surface area contributed by atoms with Crippen molar-refractivity contribution >= 4 is 0 Å². The van der Waals surface area contributed by atoms with Gasteiger partial charge in [0.05, 0.1) is 0 Å². The highest BCUT2D eigenvalue weighted by Gasteiger charge is 2.30. The molecule has 0 saturated heterocycles. The molecule has 1 rings (SSSR count). The van der Waals surface area contributed by atoms with Gasteiger partial charge in [-0.25, -0.2) is 0 Å². The molecule has 10 heavy (non-hydrogen) atoms. The fourth-order valence-electron chi connectivity index (χ4n) is 1.57. The molecule has 2 radical (unpaired) electrons. The molecule has 0 aromatic carbocycles. The average Bonchev–Trinajstić information content (AvgIpc) is 1.89. The van der Waals surface area contributed by atoms with Crippen molar-refractivity contribution in [1.29, 1.82) is 0 Å². The Morgan fingerprint density at radius 2 is 2.00 bits per heavy atom. The molecule has 0 spiro atoms. The Hall–Kier alpha value is 0. The fraction of sp³-hybridized carbons (Fsp3) is 0.900. The molecule has 0 N–H and O–H groups in total. The van der Waals surface area contributed by atoms with E-state index in [0.29, 0.717) is 5.41 Å². The van der Waals surface area contributed by atoms with E-state index in [1.807, 2.05) is 0 Å². The van der Waals surface area contributed by atoms with E-state index >= 15 is 0 Å². The molecule has 1 unspecified atom stereocenters. The molecule has 1 fully saturated rings. The second-order valence-corrected chi connectivity index (χ2v) is 3.96. The Bertz CT molecular complexity index is 96.6. The van der Waals surface area contributed by atoms with Crippen LogP contribution in [0, 0.1) is 17.8 Å². The van der Waals surface area contributed by atoms with Gasteiger partial charge in [-0.1, -0.05) is 33.6 Å². The summed E-state index contributed by atoms with van der Waals surface area (Å²) in [7, 11) is 0. The fourth-order valence-corrected chi connectivity index (χ4v) is 1.57.